The number of hydrogen-bond donors (Lipinski definition) is 1. The molecular weight excluding hydrogens is 231 g/mol. The van der Waals surface area contributed by atoms with Crippen molar-refractivity contribution in [3.63, 3.8) is 0 Å². The number of hydrogen-bond acceptors (Lipinski definition) is 2. The van der Waals surface area contributed by atoms with Crippen LogP contribution >= 0.6 is 0 Å². The van der Waals surface area contributed by atoms with Crippen LogP contribution in [-0.2, 0) is 4.74 Å². The molecule has 0 bridgehead atoms. The number of likely N-dealkylation sites (N-methyl/N-ethyl adjacent to an activating group) is 1. The Hall–Kier alpha value is -1.07. The van der Waals surface area contributed by atoms with Gasteiger partial charge in [-0.15, -0.1) is 0 Å². The number of halogens is 3. The lowest BCUT2D eigenvalue weighted by atomic mass is 10.1. The second-order valence-corrected chi connectivity index (χ2v) is 3.88. The Labute approximate surface area is 98.8 Å². The van der Waals surface area contributed by atoms with Gasteiger partial charge in [-0.3, -0.25) is 0 Å². The maximum absolute atomic E-state index is 11.9. The number of nitrogens with one attached hydrogen (secondary N) is 1. The molecule has 0 amide bonds. The third-order valence-electron chi connectivity index (χ3n) is 2.38. The van der Waals surface area contributed by atoms with Crippen molar-refractivity contribution >= 4 is 0 Å². The Balaban J connectivity index is 2.51. The van der Waals surface area contributed by atoms with E-state index in [0.717, 1.165) is 11.1 Å². The molecule has 1 N–H and O–H groups in total. The van der Waals surface area contributed by atoms with E-state index >= 15 is 0 Å². The van der Waals surface area contributed by atoms with Gasteiger partial charge in [0, 0.05) is 0 Å². The van der Waals surface area contributed by atoms with Gasteiger partial charge in [0.25, 0.3) is 0 Å². The SMILES string of the molecule is CNC(COCC(F)(F)F)c1ccc(C)cc1. The highest BCUT2D eigenvalue weighted by atomic mass is 19.4. The third kappa shape index (κ3) is 5.19. The minimum Gasteiger partial charge on any atom is -0.370 e. The summed E-state index contributed by atoms with van der Waals surface area (Å²) in [6.45, 7) is 0.744. The van der Waals surface area contributed by atoms with Gasteiger partial charge >= 0.3 is 6.18 Å². The van der Waals surface area contributed by atoms with Crippen LogP contribution in [0.5, 0.6) is 0 Å². The highest BCUT2D eigenvalue weighted by Crippen LogP contribution is 2.17. The number of rotatable bonds is 5. The first-order valence-electron chi connectivity index (χ1n) is 5.30. The van der Waals surface area contributed by atoms with Crippen LogP contribution in [0.4, 0.5) is 13.2 Å². The molecule has 0 radical (unpaired) electrons. The molecule has 1 aromatic carbocycles. The first kappa shape index (κ1) is 14.0. The van der Waals surface area contributed by atoms with Crippen LogP contribution in [0.2, 0.25) is 0 Å². The molecule has 0 aromatic heterocycles. The number of benzene rings is 1. The fourth-order valence-electron chi connectivity index (χ4n) is 1.44. The summed E-state index contributed by atoms with van der Waals surface area (Å²) in [6, 6.07) is 7.38. The monoisotopic (exact) mass is 247 g/mol. The largest absolute Gasteiger partial charge is 0.411 e. The van der Waals surface area contributed by atoms with Crippen molar-refractivity contribution in [3.05, 3.63) is 35.4 Å². The van der Waals surface area contributed by atoms with Crippen LogP contribution in [0.3, 0.4) is 0 Å². The molecule has 1 aromatic rings. The zero-order chi connectivity index (χ0) is 12.9. The van der Waals surface area contributed by atoms with Gasteiger partial charge in [0.05, 0.1) is 12.6 Å². The quantitative estimate of drug-likeness (QED) is 0.863. The Morgan fingerprint density at radius 3 is 2.29 bits per heavy atom. The van der Waals surface area contributed by atoms with Gasteiger partial charge in [0.15, 0.2) is 0 Å². The molecule has 0 fully saturated rings. The highest BCUT2D eigenvalue weighted by Gasteiger charge is 2.27. The van der Waals surface area contributed by atoms with Crippen LogP contribution in [-0.4, -0.2) is 26.4 Å². The molecule has 0 aliphatic heterocycles. The molecule has 0 saturated carbocycles. The van der Waals surface area contributed by atoms with Crippen LogP contribution < -0.4 is 5.32 Å². The molecule has 96 valence electrons. The van der Waals surface area contributed by atoms with Crippen LogP contribution in [0.1, 0.15) is 17.2 Å². The summed E-state index contributed by atoms with van der Waals surface area (Å²) in [5, 5.41) is 2.93. The topological polar surface area (TPSA) is 21.3 Å². The predicted octanol–water partition coefficient (Wildman–Crippen LogP) is 2.83. The average molecular weight is 247 g/mol. The second-order valence-electron chi connectivity index (χ2n) is 3.88. The first-order chi connectivity index (χ1) is 7.92. The van der Waals surface area contributed by atoms with Gasteiger partial charge < -0.3 is 10.1 Å². The van der Waals surface area contributed by atoms with Gasteiger partial charge in [-0.2, -0.15) is 13.2 Å². The van der Waals surface area contributed by atoms with Gasteiger partial charge in [0.2, 0.25) is 0 Å². The molecule has 1 rings (SSSR count). The third-order valence-corrected chi connectivity index (χ3v) is 2.38. The van der Waals surface area contributed by atoms with Crippen LogP contribution in [0.15, 0.2) is 24.3 Å². The summed E-state index contributed by atoms with van der Waals surface area (Å²) in [4.78, 5) is 0. The molecule has 17 heavy (non-hydrogen) atoms. The molecule has 5 heteroatoms. The van der Waals surface area contributed by atoms with E-state index in [1.165, 1.54) is 0 Å². The minimum absolute atomic E-state index is 0.000922. The molecular formula is C12H16F3NO. The molecule has 2 nitrogen and oxygen atoms in total. The molecule has 0 aliphatic carbocycles. The number of alkyl halides is 3. The van der Waals surface area contributed by atoms with Crippen molar-refractivity contribution < 1.29 is 17.9 Å². The van der Waals surface area contributed by atoms with Crippen molar-refractivity contribution in [2.24, 2.45) is 0 Å². The lowest BCUT2D eigenvalue weighted by molar-refractivity contribution is -0.175. The molecule has 0 heterocycles. The Bertz CT molecular complexity index is 335. The average Bonchev–Trinajstić information content (AvgIpc) is 2.24. The van der Waals surface area contributed by atoms with Crippen LogP contribution in [0, 0.1) is 6.92 Å². The normalized spacial score (nSPS) is 13.7. The first-order valence-corrected chi connectivity index (χ1v) is 5.30. The van der Waals surface area contributed by atoms with E-state index in [1.54, 1.807) is 7.05 Å². The summed E-state index contributed by atoms with van der Waals surface area (Å²) < 4.78 is 40.4. The van der Waals surface area contributed by atoms with Crippen molar-refractivity contribution in [1.29, 1.82) is 0 Å². The van der Waals surface area contributed by atoms with Gasteiger partial charge in [-0.25, -0.2) is 0 Å². The lowest BCUT2D eigenvalue weighted by Gasteiger charge is -2.17. The Morgan fingerprint density at radius 1 is 1.24 bits per heavy atom. The smallest absolute Gasteiger partial charge is 0.370 e. The van der Waals surface area contributed by atoms with Crippen molar-refractivity contribution in [2.75, 3.05) is 20.3 Å². The van der Waals surface area contributed by atoms with E-state index in [-0.39, 0.29) is 12.6 Å². The summed E-state index contributed by atoms with van der Waals surface area (Å²) in [6.07, 6.45) is -4.27. The Kier molecular flexibility index (Phi) is 4.96. The van der Waals surface area contributed by atoms with Crippen molar-refractivity contribution in [2.45, 2.75) is 19.1 Å². The molecule has 0 saturated heterocycles. The van der Waals surface area contributed by atoms with E-state index in [4.69, 9.17) is 0 Å². The number of aryl methyl sites for hydroxylation is 1. The fraction of sp³-hybridized carbons (Fsp3) is 0.500. The van der Waals surface area contributed by atoms with Crippen molar-refractivity contribution in [3.8, 4) is 0 Å². The molecule has 1 atom stereocenters. The fourth-order valence-corrected chi connectivity index (χ4v) is 1.44. The predicted molar refractivity (Wildman–Crippen MR) is 59.9 cm³/mol. The van der Waals surface area contributed by atoms with Gasteiger partial charge in [-0.05, 0) is 19.5 Å². The summed E-state index contributed by atoms with van der Waals surface area (Å²) in [5.41, 5.74) is 2.03. The van der Waals surface area contributed by atoms with E-state index in [2.05, 4.69) is 10.1 Å². The van der Waals surface area contributed by atoms with Crippen LogP contribution in [0.25, 0.3) is 0 Å². The number of ether oxygens (including phenoxy) is 1. The van der Waals surface area contributed by atoms with E-state index < -0.39 is 12.8 Å². The van der Waals surface area contributed by atoms with Crippen molar-refractivity contribution in [1.82, 2.24) is 5.32 Å². The summed E-state index contributed by atoms with van der Waals surface area (Å²) in [5.74, 6) is 0. The molecule has 0 aliphatic rings. The second kappa shape index (κ2) is 6.02. The highest BCUT2D eigenvalue weighted by molar-refractivity contribution is 5.24. The van der Waals surface area contributed by atoms with Gasteiger partial charge in [-0.1, -0.05) is 29.8 Å². The van der Waals surface area contributed by atoms with E-state index in [9.17, 15) is 13.2 Å². The lowest BCUT2D eigenvalue weighted by Crippen LogP contribution is -2.25. The van der Waals surface area contributed by atoms with E-state index in [0.29, 0.717) is 0 Å². The van der Waals surface area contributed by atoms with Gasteiger partial charge in [0.1, 0.15) is 6.61 Å². The summed E-state index contributed by atoms with van der Waals surface area (Å²) in [7, 11) is 1.70. The molecule has 1 unspecified atom stereocenters. The van der Waals surface area contributed by atoms with E-state index in [1.807, 2.05) is 31.2 Å². The minimum atomic E-state index is -4.27. The maximum atomic E-state index is 11.9. The standard InChI is InChI=1S/C12H16F3NO/c1-9-3-5-10(6-4-9)11(16-2)7-17-8-12(13,14)15/h3-6,11,16H,7-8H2,1-2H3. The molecule has 0 spiro atoms. The zero-order valence-corrected chi connectivity index (χ0v) is 9.84. The summed E-state index contributed by atoms with van der Waals surface area (Å²) >= 11 is 0. The zero-order valence-electron chi connectivity index (χ0n) is 9.84. The maximum Gasteiger partial charge on any atom is 0.411 e. The Morgan fingerprint density at radius 2 is 1.82 bits per heavy atom.